The van der Waals surface area contributed by atoms with Gasteiger partial charge in [0.2, 0.25) is 0 Å². The van der Waals surface area contributed by atoms with Crippen LogP contribution < -0.4 is 0 Å². The lowest BCUT2D eigenvalue weighted by molar-refractivity contribution is 0.187. The summed E-state index contributed by atoms with van der Waals surface area (Å²) in [5, 5.41) is 7.09. The van der Waals surface area contributed by atoms with Gasteiger partial charge in [-0.15, -0.1) is 0 Å². The van der Waals surface area contributed by atoms with E-state index < -0.39 is 0 Å². The average Bonchev–Trinajstić information content (AvgIpc) is 3.21. The first kappa shape index (κ1) is 17.8. The van der Waals surface area contributed by atoms with Crippen molar-refractivity contribution in [3.63, 3.8) is 0 Å². The van der Waals surface area contributed by atoms with Gasteiger partial charge in [0.05, 0.1) is 0 Å². The van der Waals surface area contributed by atoms with Gasteiger partial charge in [0.25, 0.3) is 0 Å². The third-order valence-electron chi connectivity index (χ3n) is 4.30. The van der Waals surface area contributed by atoms with Crippen LogP contribution in [0, 0.1) is 0 Å². The molecule has 0 N–H and O–H groups in total. The van der Waals surface area contributed by atoms with Gasteiger partial charge in [-0.1, -0.05) is 10.2 Å². The van der Waals surface area contributed by atoms with E-state index in [-0.39, 0.29) is 12.1 Å². The highest BCUT2D eigenvalue weighted by atomic mass is 16.5. The smallest absolute Gasteiger partial charge is 0.362 e. The van der Waals surface area contributed by atoms with E-state index in [4.69, 9.17) is 4.74 Å². The van der Waals surface area contributed by atoms with Gasteiger partial charge in [-0.25, -0.2) is 9.59 Å². The number of carbonyl (C=O) groups is 2. The minimum absolute atomic E-state index is 0.375. The van der Waals surface area contributed by atoms with Crippen LogP contribution in [-0.2, 0) is 4.74 Å². The summed E-state index contributed by atoms with van der Waals surface area (Å²) in [6, 6.07) is -0.750. The third kappa shape index (κ3) is 6.64. The number of urea groups is 2. The summed E-state index contributed by atoms with van der Waals surface area (Å²) in [6.07, 6.45) is 8.94. The Labute approximate surface area is 138 Å². The van der Waals surface area contributed by atoms with Crippen molar-refractivity contribution in [2.24, 2.45) is 10.2 Å². The molecule has 0 aromatic heterocycles. The molecular weight excluding hydrogens is 296 g/mol. The highest BCUT2D eigenvalue weighted by Gasteiger charge is 2.18. The molecule has 3 aliphatic heterocycles. The van der Waals surface area contributed by atoms with Crippen LogP contribution in [0.4, 0.5) is 9.59 Å². The number of nitrogens with zero attached hydrogens (tertiary/aromatic N) is 4. The Morgan fingerprint density at radius 3 is 1.30 bits per heavy atom. The van der Waals surface area contributed by atoms with Gasteiger partial charge in [0.15, 0.2) is 0 Å². The van der Waals surface area contributed by atoms with Crippen molar-refractivity contribution in [1.82, 2.24) is 9.80 Å². The number of azo groups is 1. The molecule has 7 heteroatoms. The summed E-state index contributed by atoms with van der Waals surface area (Å²) in [6.45, 7) is 4.93. The van der Waals surface area contributed by atoms with E-state index in [1.54, 1.807) is 9.80 Å². The van der Waals surface area contributed by atoms with Crippen LogP contribution in [0.3, 0.4) is 0 Å². The Morgan fingerprint density at radius 2 is 1.00 bits per heavy atom. The third-order valence-corrected chi connectivity index (χ3v) is 4.30. The van der Waals surface area contributed by atoms with Crippen LogP contribution in [-0.4, -0.2) is 61.3 Å². The summed E-state index contributed by atoms with van der Waals surface area (Å²) >= 11 is 0. The Hall–Kier alpha value is -1.50. The fourth-order valence-electron chi connectivity index (χ4n) is 2.89. The van der Waals surface area contributed by atoms with E-state index in [9.17, 15) is 9.59 Å². The lowest BCUT2D eigenvalue weighted by Gasteiger charge is -2.25. The molecule has 7 nitrogen and oxygen atoms in total. The quantitative estimate of drug-likeness (QED) is 0.640. The van der Waals surface area contributed by atoms with Crippen LogP contribution in [0.15, 0.2) is 10.2 Å². The first-order valence-electron chi connectivity index (χ1n) is 8.84. The van der Waals surface area contributed by atoms with E-state index >= 15 is 0 Å². The molecule has 0 aliphatic carbocycles. The number of piperidine rings is 2. The topological polar surface area (TPSA) is 74.6 Å². The number of hydrogen-bond donors (Lipinski definition) is 0. The van der Waals surface area contributed by atoms with Gasteiger partial charge < -0.3 is 14.5 Å². The molecule has 0 bridgehead atoms. The molecule has 0 aromatic carbocycles. The van der Waals surface area contributed by atoms with Crippen molar-refractivity contribution in [2.75, 3.05) is 39.4 Å². The monoisotopic (exact) mass is 324 g/mol. The molecule has 3 fully saturated rings. The number of rotatable bonds is 0. The summed E-state index contributed by atoms with van der Waals surface area (Å²) in [5.74, 6) is 0. The number of amides is 4. The molecule has 0 unspecified atom stereocenters. The zero-order valence-electron chi connectivity index (χ0n) is 13.9. The molecule has 0 saturated carbocycles. The Kier molecular flexibility index (Phi) is 8.00. The highest BCUT2D eigenvalue weighted by Crippen LogP contribution is 2.12. The standard InChI is InChI=1S/C12H20N4O2.C4H8O/c17-11(15-7-3-1-4-8-15)13-14-12(18)16-9-5-2-6-10-16;1-2-4-5-3-1/h1-10H2;1-4H2. The summed E-state index contributed by atoms with van der Waals surface area (Å²) in [5.41, 5.74) is 0. The number of hydrogen-bond acceptors (Lipinski definition) is 3. The van der Waals surface area contributed by atoms with E-state index in [0.29, 0.717) is 0 Å². The predicted octanol–water partition coefficient (Wildman–Crippen LogP) is 3.45. The second-order valence-electron chi connectivity index (χ2n) is 6.18. The molecule has 3 heterocycles. The fraction of sp³-hybridized carbons (Fsp3) is 0.875. The normalized spacial score (nSPS) is 21.9. The van der Waals surface area contributed by atoms with Crippen molar-refractivity contribution in [3.8, 4) is 0 Å². The average molecular weight is 324 g/mol. The highest BCUT2D eigenvalue weighted by molar-refractivity contribution is 5.79. The van der Waals surface area contributed by atoms with Crippen LogP contribution in [0.25, 0.3) is 0 Å². The van der Waals surface area contributed by atoms with E-state index in [1.165, 1.54) is 12.8 Å². The SMILES string of the molecule is C1CCOC1.O=C(N=NC(=O)N1CCCCC1)N1CCCCC1. The molecule has 0 spiro atoms. The van der Waals surface area contributed by atoms with Gasteiger partial charge in [0, 0.05) is 39.4 Å². The molecule has 23 heavy (non-hydrogen) atoms. The van der Waals surface area contributed by atoms with Gasteiger partial charge in [-0.3, -0.25) is 0 Å². The minimum Gasteiger partial charge on any atom is -0.381 e. The second kappa shape index (κ2) is 10.3. The maximum Gasteiger partial charge on any atom is 0.362 e. The van der Waals surface area contributed by atoms with Gasteiger partial charge in [-0.2, -0.15) is 0 Å². The molecule has 0 atom stereocenters. The molecule has 0 radical (unpaired) electrons. The van der Waals surface area contributed by atoms with E-state index in [1.807, 2.05) is 0 Å². The zero-order valence-corrected chi connectivity index (χ0v) is 13.9. The molecule has 3 saturated heterocycles. The minimum atomic E-state index is -0.375. The van der Waals surface area contributed by atoms with Crippen molar-refractivity contribution in [3.05, 3.63) is 0 Å². The second-order valence-corrected chi connectivity index (χ2v) is 6.18. The number of carbonyl (C=O) groups excluding carboxylic acids is 2. The largest absolute Gasteiger partial charge is 0.381 e. The summed E-state index contributed by atoms with van der Waals surface area (Å²) in [7, 11) is 0. The molecule has 3 rings (SSSR count). The van der Waals surface area contributed by atoms with Crippen molar-refractivity contribution in [1.29, 1.82) is 0 Å². The Balaban J connectivity index is 0.000000326. The maximum atomic E-state index is 11.7. The van der Waals surface area contributed by atoms with Gasteiger partial charge >= 0.3 is 12.1 Å². The molecular formula is C16H28N4O3. The number of likely N-dealkylation sites (tertiary alicyclic amines) is 2. The predicted molar refractivity (Wildman–Crippen MR) is 86.5 cm³/mol. The fourth-order valence-corrected chi connectivity index (χ4v) is 2.89. The summed E-state index contributed by atoms with van der Waals surface area (Å²) in [4.78, 5) is 26.7. The molecule has 4 amide bonds. The Bertz CT molecular complexity index is 359. The molecule has 0 aromatic rings. The van der Waals surface area contributed by atoms with Crippen molar-refractivity contribution < 1.29 is 14.3 Å². The Morgan fingerprint density at radius 1 is 0.609 bits per heavy atom. The van der Waals surface area contributed by atoms with Crippen molar-refractivity contribution in [2.45, 2.75) is 51.4 Å². The first-order valence-corrected chi connectivity index (χ1v) is 8.84. The lowest BCUT2D eigenvalue weighted by Crippen LogP contribution is -2.35. The summed E-state index contributed by atoms with van der Waals surface area (Å²) < 4.78 is 4.94. The number of ether oxygens (including phenoxy) is 1. The van der Waals surface area contributed by atoms with Crippen LogP contribution in [0.5, 0.6) is 0 Å². The van der Waals surface area contributed by atoms with E-state index in [0.717, 1.165) is 77.9 Å². The molecule has 130 valence electrons. The van der Waals surface area contributed by atoms with E-state index in [2.05, 4.69) is 10.2 Å². The van der Waals surface area contributed by atoms with Gasteiger partial charge in [0.1, 0.15) is 0 Å². The van der Waals surface area contributed by atoms with Crippen LogP contribution in [0.2, 0.25) is 0 Å². The maximum absolute atomic E-state index is 11.7. The van der Waals surface area contributed by atoms with Crippen LogP contribution in [0.1, 0.15) is 51.4 Å². The lowest BCUT2D eigenvalue weighted by atomic mass is 10.1. The molecule has 3 aliphatic rings. The first-order chi connectivity index (χ1) is 11.3. The zero-order chi connectivity index (χ0) is 16.3. The van der Waals surface area contributed by atoms with Gasteiger partial charge in [-0.05, 0) is 51.4 Å². The van der Waals surface area contributed by atoms with Crippen molar-refractivity contribution >= 4 is 12.1 Å². The van der Waals surface area contributed by atoms with Crippen LogP contribution >= 0.6 is 0 Å².